The highest BCUT2D eigenvalue weighted by molar-refractivity contribution is 5.70. The number of nitrogens with zero attached hydrogens (tertiary/aromatic N) is 2. The molecule has 0 radical (unpaired) electrons. The van der Waals surface area contributed by atoms with Crippen molar-refractivity contribution in [1.29, 1.82) is 0 Å². The second-order valence-corrected chi connectivity index (χ2v) is 6.15. The van der Waals surface area contributed by atoms with Gasteiger partial charge in [0, 0.05) is 25.4 Å². The van der Waals surface area contributed by atoms with Crippen LogP contribution < -0.4 is 5.73 Å². The number of aromatic nitrogens is 2. The first-order chi connectivity index (χ1) is 8.82. The second kappa shape index (κ2) is 4.82. The molecule has 0 bridgehead atoms. The zero-order valence-electron chi connectivity index (χ0n) is 12.5. The van der Waals surface area contributed by atoms with E-state index in [-0.39, 0.29) is 5.41 Å². The monoisotopic (exact) mass is 257 g/mol. The highest BCUT2D eigenvalue weighted by Crippen LogP contribution is 2.31. The number of aryl methyl sites for hydroxylation is 2. The van der Waals surface area contributed by atoms with E-state index in [1.807, 2.05) is 11.7 Å². The standard InChI is InChI=1S/C16H23N3/c1-11-6-7-12(16(2,3)4)8-13(11)14-10-19(5)18-15(14)9-17/h6-8,10H,9,17H2,1-5H3. The predicted molar refractivity (Wildman–Crippen MR) is 80.0 cm³/mol. The summed E-state index contributed by atoms with van der Waals surface area (Å²) in [6, 6.07) is 6.66. The van der Waals surface area contributed by atoms with Crippen LogP contribution in [0.5, 0.6) is 0 Å². The van der Waals surface area contributed by atoms with Gasteiger partial charge in [-0.2, -0.15) is 5.10 Å². The summed E-state index contributed by atoms with van der Waals surface area (Å²) in [5, 5.41) is 4.43. The zero-order chi connectivity index (χ0) is 14.2. The van der Waals surface area contributed by atoms with Crippen molar-refractivity contribution in [2.75, 3.05) is 0 Å². The number of hydrogen-bond acceptors (Lipinski definition) is 2. The second-order valence-electron chi connectivity index (χ2n) is 6.15. The van der Waals surface area contributed by atoms with E-state index < -0.39 is 0 Å². The van der Waals surface area contributed by atoms with Gasteiger partial charge in [-0.1, -0.05) is 39.0 Å². The van der Waals surface area contributed by atoms with Crippen molar-refractivity contribution in [2.45, 2.75) is 39.7 Å². The molecule has 3 heteroatoms. The third-order valence-electron chi connectivity index (χ3n) is 3.49. The molecule has 0 aliphatic rings. The minimum absolute atomic E-state index is 0.146. The lowest BCUT2D eigenvalue weighted by molar-refractivity contribution is 0.590. The van der Waals surface area contributed by atoms with Crippen LogP contribution in [0.15, 0.2) is 24.4 Å². The molecule has 2 rings (SSSR count). The largest absolute Gasteiger partial charge is 0.325 e. The fraction of sp³-hybridized carbons (Fsp3) is 0.438. The van der Waals surface area contributed by atoms with Gasteiger partial charge in [-0.05, 0) is 29.0 Å². The molecule has 1 heterocycles. The summed E-state index contributed by atoms with van der Waals surface area (Å²) in [5.41, 5.74) is 11.9. The van der Waals surface area contributed by atoms with E-state index in [1.165, 1.54) is 16.7 Å². The van der Waals surface area contributed by atoms with E-state index in [4.69, 9.17) is 5.73 Å². The number of benzene rings is 1. The van der Waals surface area contributed by atoms with Gasteiger partial charge in [-0.15, -0.1) is 0 Å². The van der Waals surface area contributed by atoms with Gasteiger partial charge in [-0.3, -0.25) is 4.68 Å². The van der Waals surface area contributed by atoms with E-state index in [2.05, 4.69) is 57.2 Å². The lowest BCUT2D eigenvalue weighted by Crippen LogP contribution is -2.11. The molecule has 0 atom stereocenters. The molecule has 1 aromatic carbocycles. The molecule has 0 saturated carbocycles. The first-order valence-corrected chi connectivity index (χ1v) is 6.67. The Morgan fingerprint density at radius 3 is 2.47 bits per heavy atom. The molecular weight excluding hydrogens is 234 g/mol. The molecule has 2 aromatic rings. The molecule has 19 heavy (non-hydrogen) atoms. The van der Waals surface area contributed by atoms with Crippen molar-refractivity contribution in [2.24, 2.45) is 12.8 Å². The molecule has 102 valence electrons. The fourth-order valence-electron chi connectivity index (χ4n) is 2.29. The summed E-state index contributed by atoms with van der Waals surface area (Å²) in [6.45, 7) is 9.29. The Hall–Kier alpha value is -1.61. The molecule has 3 nitrogen and oxygen atoms in total. The molecule has 2 N–H and O–H groups in total. The Morgan fingerprint density at radius 1 is 1.21 bits per heavy atom. The topological polar surface area (TPSA) is 43.8 Å². The van der Waals surface area contributed by atoms with Crippen molar-refractivity contribution < 1.29 is 0 Å². The number of hydrogen-bond donors (Lipinski definition) is 1. The minimum Gasteiger partial charge on any atom is -0.325 e. The van der Waals surface area contributed by atoms with Gasteiger partial charge < -0.3 is 5.73 Å². The van der Waals surface area contributed by atoms with Gasteiger partial charge in [0.15, 0.2) is 0 Å². The maximum Gasteiger partial charge on any atom is 0.0838 e. The third-order valence-corrected chi connectivity index (χ3v) is 3.49. The lowest BCUT2D eigenvalue weighted by Gasteiger charge is -2.20. The van der Waals surface area contributed by atoms with Crippen LogP contribution in [-0.4, -0.2) is 9.78 Å². The van der Waals surface area contributed by atoms with E-state index in [9.17, 15) is 0 Å². The zero-order valence-corrected chi connectivity index (χ0v) is 12.5. The number of nitrogens with two attached hydrogens (primary N) is 1. The van der Waals surface area contributed by atoms with Crippen LogP contribution in [0, 0.1) is 6.92 Å². The van der Waals surface area contributed by atoms with E-state index in [0.29, 0.717) is 6.54 Å². The van der Waals surface area contributed by atoms with Crippen LogP contribution in [0.3, 0.4) is 0 Å². The average molecular weight is 257 g/mol. The van der Waals surface area contributed by atoms with Crippen LogP contribution >= 0.6 is 0 Å². The molecule has 0 aliphatic carbocycles. The van der Waals surface area contributed by atoms with Crippen LogP contribution in [0.4, 0.5) is 0 Å². The first kappa shape index (κ1) is 13.8. The van der Waals surface area contributed by atoms with E-state index in [1.54, 1.807) is 0 Å². The van der Waals surface area contributed by atoms with Crippen molar-refractivity contribution in [3.63, 3.8) is 0 Å². The maximum absolute atomic E-state index is 5.80. The molecule has 0 unspecified atom stereocenters. The summed E-state index contributed by atoms with van der Waals surface area (Å²) in [7, 11) is 1.94. The van der Waals surface area contributed by atoms with Gasteiger partial charge >= 0.3 is 0 Å². The van der Waals surface area contributed by atoms with E-state index in [0.717, 1.165) is 11.3 Å². The van der Waals surface area contributed by atoms with Crippen molar-refractivity contribution in [3.8, 4) is 11.1 Å². The highest BCUT2D eigenvalue weighted by atomic mass is 15.3. The maximum atomic E-state index is 5.80. The molecule has 0 spiro atoms. The molecule has 0 saturated heterocycles. The summed E-state index contributed by atoms with van der Waals surface area (Å²) >= 11 is 0. The van der Waals surface area contributed by atoms with Gasteiger partial charge in [-0.25, -0.2) is 0 Å². The third kappa shape index (κ3) is 2.71. The summed E-state index contributed by atoms with van der Waals surface area (Å²) in [5.74, 6) is 0. The molecule has 0 amide bonds. The van der Waals surface area contributed by atoms with Gasteiger partial charge in [0.25, 0.3) is 0 Å². The predicted octanol–water partition coefficient (Wildman–Crippen LogP) is 3.15. The van der Waals surface area contributed by atoms with Crippen LogP contribution in [0.2, 0.25) is 0 Å². The normalized spacial score (nSPS) is 11.9. The van der Waals surface area contributed by atoms with Gasteiger partial charge in [0.1, 0.15) is 0 Å². The van der Waals surface area contributed by atoms with Gasteiger partial charge in [0.05, 0.1) is 5.69 Å². The van der Waals surface area contributed by atoms with Crippen molar-refractivity contribution in [1.82, 2.24) is 9.78 Å². The summed E-state index contributed by atoms with van der Waals surface area (Å²) in [4.78, 5) is 0. The quantitative estimate of drug-likeness (QED) is 0.898. The fourth-order valence-corrected chi connectivity index (χ4v) is 2.29. The molecule has 0 aliphatic heterocycles. The highest BCUT2D eigenvalue weighted by Gasteiger charge is 2.17. The lowest BCUT2D eigenvalue weighted by atomic mass is 9.84. The Balaban J connectivity index is 2.61. The van der Waals surface area contributed by atoms with Crippen molar-refractivity contribution >= 4 is 0 Å². The molecular formula is C16H23N3. The Morgan fingerprint density at radius 2 is 1.89 bits per heavy atom. The Bertz CT molecular complexity index is 589. The van der Waals surface area contributed by atoms with Crippen LogP contribution in [0.1, 0.15) is 37.6 Å². The number of rotatable bonds is 2. The minimum atomic E-state index is 0.146. The molecule has 0 fully saturated rings. The van der Waals surface area contributed by atoms with Crippen LogP contribution in [0.25, 0.3) is 11.1 Å². The van der Waals surface area contributed by atoms with E-state index >= 15 is 0 Å². The molecule has 1 aromatic heterocycles. The Labute approximate surface area is 115 Å². The van der Waals surface area contributed by atoms with Crippen molar-refractivity contribution in [3.05, 3.63) is 41.2 Å². The van der Waals surface area contributed by atoms with Crippen LogP contribution in [-0.2, 0) is 19.0 Å². The Kier molecular flexibility index (Phi) is 3.50. The summed E-state index contributed by atoms with van der Waals surface area (Å²) in [6.07, 6.45) is 2.05. The smallest absolute Gasteiger partial charge is 0.0838 e. The van der Waals surface area contributed by atoms with Gasteiger partial charge in [0.2, 0.25) is 0 Å². The first-order valence-electron chi connectivity index (χ1n) is 6.67. The average Bonchev–Trinajstić information content (AvgIpc) is 2.69. The summed E-state index contributed by atoms with van der Waals surface area (Å²) < 4.78 is 1.83. The SMILES string of the molecule is Cc1ccc(C(C)(C)C)cc1-c1cn(C)nc1CN.